The van der Waals surface area contributed by atoms with Gasteiger partial charge in [-0.1, -0.05) is 13.3 Å². The molecule has 0 aromatic rings. The SMILES string of the molecule is CCCC(C)(OCCCO)C(=O)O. The smallest absolute Gasteiger partial charge is 0.335 e. The van der Waals surface area contributed by atoms with Crippen LogP contribution in [0.4, 0.5) is 0 Å². The van der Waals surface area contributed by atoms with E-state index in [0.29, 0.717) is 19.4 Å². The number of aliphatic hydroxyl groups excluding tert-OH is 1. The number of aliphatic carboxylic acids is 1. The molecular weight excluding hydrogens is 172 g/mol. The van der Waals surface area contributed by atoms with Gasteiger partial charge in [0.1, 0.15) is 0 Å². The summed E-state index contributed by atoms with van der Waals surface area (Å²) in [5.74, 6) is -0.938. The van der Waals surface area contributed by atoms with Gasteiger partial charge in [0, 0.05) is 6.61 Å². The first-order chi connectivity index (χ1) is 6.06. The minimum Gasteiger partial charge on any atom is -0.479 e. The van der Waals surface area contributed by atoms with Crippen molar-refractivity contribution in [3.05, 3.63) is 0 Å². The molecule has 0 aliphatic heterocycles. The van der Waals surface area contributed by atoms with Crippen LogP contribution in [0.2, 0.25) is 0 Å². The zero-order valence-electron chi connectivity index (χ0n) is 8.25. The molecule has 0 amide bonds. The van der Waals surface area contributed by atoms with Gasteiger partial charge in [0.25, 0.3) is 0 Å². The van der Waals surface area contributed by atoms with Gasteiger partial charge in [-0.25, -0.2) is 4.79 Å². The average molecular weight is 190 g/mol. The molecule has 13 heavy (non-hydrogen) atoms. The van der Waals surface area contributed by atoms with E-state index in [0.717, 1.165) is 6.42 Å². The fourth-order valence-electron chi connectivity index (χ4n) is 1.08. The minimum atomic E-state index is -1.09. The maximum atomic E-state index is 10.8. The van der Waals surface area contributed by atoms with E-state index in [-0.39, 0.29) is 6.61 Å². The largest absolute Gasteiger partial charge is 0.479 e. The highest BCUT2D eigenvalue weighted by atomic mass is 16.5. The van der Waals surface area contributed by atoms with E-state index in [4.69, 9.17) is 14.9 Å². The summed E-state index contributed by atoms with van der Waals surface area (Å²) in [5, 5.41) is 17.4. The highest BCUT2D eigenvalue weighted by Gasteiger charge is 2.32. The number of hydrogen-bond donors (Lipinski definition) is 2. The summed E-state index contributed by atoms with van der Waals surface area (Å²) in [4.78, 5) is 10.8. The Kier molecular flexibility index (Phi) is 5.66. The van der Waals surface area contributed by atoms with Crippen molar-refractivity contribution in [1.29, 1.82) is 0 Å². The molecule has 0 bridgehead atoms. The van der Waals surface area contributed by atoms with Crippen LogP contribution in [-0.2, 0) is 9.53 Å². The van der Waals surface area contributed by atoms with E-state index in [1.165, 1.54) is 0 Å². The standard InChI is InChI=1S/C9H18O4/c1-3-5-9(2,8(11)12)13-7-4-6-10/h10H,3-7H2,1-2H3,(H,11,12). The molecule has 0 radical (unpaired) electrons. The highest BCUT2D eigenvalue weighted by Crippen LogP contribution is 2.18. The number of ether oxygens (including phenoxy) is 1. The Hall–Kier alpha value is -0.610. The summed E-state index contributed by atoms with van der Waals surface area (Å²) in [7, 11) is 0. The van der Waals surface area contributed by atoms with E-state index in [1.807, 2.05) is 6.92 Å². The Balaban J connectivity index is 4.00. The van der Waals surface area contributed by atoms with Gasteiger partial charge in [-0.15, -0.1) is 0 Å². The lowest BCUT2D eigenvalue weighted by Gasteiger charge is -2.24. The first kappa shape index (κ1) is 12.4. The van der Waals surface area contributed by atoms with Gasteiger partial charge in [0.2, 0.25) is 0 Å². The lowest BCUT2D eigenvalue weighted by Crippen LogP contribution is -2.38. The number of aliphatic hydroxyl groups is 1. The molecule has 0 spiro atoms. The number of carboxylic acids is 1. The first-order valence-electron chi connectivity index (χ1n) is 4.55. The average Bonchev–Trinajstić information content (AvgIpc) is 2.05. The molecule has 0 aromatic carbocycles. The van der Waals surface area contributed by atoms with Crippen LogP contribution in [0.15, 0.2) is 0 Å². The van der Waals surface area contributed by atoms with Crippen LogP contribution < -0.4 is 0 Å². The van der Waals surface area contributed by atoms with Crippen LogP contribution in [0.5, 0.6) is 0 Å². The summed E-state index contributed by atoms with van der Waals surface area (Å²) < 4.78 is 5.21. The van der Waals surface area contributed by atoms with Gasteiger partial charge in [-0.05, 0) is 19.8 Å². The number of carboxylic acid groups (broad SMARTS) is 1. The molecule has 78 valence electrons. The van der Waals surface area contributed by atoms with Crippen molar-refractivity contribution < 1.29 is 19.7 Å². The Bertz CT molecular complexity index is 158. The van der Waals surface area contributed by atoms with Gasteiger partial charge >= 0.3 is 5.97 Å². The highest BCUT2D eigenvalue weighted by molar-refractivity contribution is 5.76. The molecular formula is C9H18O4. The maximum absolute atomic E-state index is 10.8. The van der Waals surface area contributed by atoms with E-state index < -0.39 is 11.6 Å². The molecule has 0 heterocycles. The maximum Gasteiger partial charge on any atom is 0.335 e. The van der Waals surface area contributed by atoms with Gasteiger partial charge in [0.05, 0.1) is 6.61 Å². The summed E-state index contributed by atoms with van der Waals surface area (Å²) in [6.07, 6.45) is 1.74. The fourth-order valence-corrected chi connectivity index (χ4v) is 1.08. The Morgan fingerprint density at radius 2 is 2.15 bits per heavy atom. The third-order valence-corrected chi connectivity index (χ3v) is 1.90. The van der Waals surface area contributed by atoms with Crippen molar-refractivity contribution in [3.63, 3.8) is 0 Å². The summed E-state index contributed by atoms with van der Waals surface area (Å²) in [6, 6.07) is 0. The van der Waals surface area contributed by atoms with Crippen molar-refractivity contribution >= 4 is 5.97 Å². The normalized spacial score (nSPS) is 15.3. The zero-order valence-corrected chi connectivity index (χ0v) is 8.25. The second-order valence-corrected chi connectivity index (χ2v) is 3.21. The zero-order chi connectivity index (χ0) is 10.3. The van der Waals surface area contributed by atoms with Crippen LogP contribution in [0, 0.1) is 0 Å². The third-order valence-electron chi connectivity index (χ3n) is 1.90. The van der Waals surface area contributed by atoms with Gasteiger partial charge in [-0.2, -0.15) is 0 Å². The van der Waals surface area contributed by atoms with Crippen LogP contribution in [-0.4, -0.2) is 35.0 Å². The molecule has 1 unspecified atom stereocenters. The molecule has 0 aromatic heterocycles. The lowest BCUT2D eigenvalue weighted by atomic mass is 10.0. The topological polar surface area (TPSA) is 66.8 Å². The molecule has 4 heteroatoms. The van der Waals surface area contributed by atoms with Crippen LogP contribution in [0.3, 0.4) is 0 Å². The Labute approximate surface area is 78.5 Å². The molecule has 1 atom stereocenters. The fraction of sp³-hybridized carbons (Fsp3) is 0.889. The lowest BCUT2D eigenvalue weighted by molar-refractivity contribution is -0.165. The van der Waals surface area contributed by atoms with Crippen LogP contribution in [0.25, 0.3) is 0 Å². The van der Waals surface area contributed by atoms with Crippen molar-refractivity contribution in [2.75, 3.05) is 13.2 Å². The van der Waals surface area contributed by atoms with Gasteiger partial charge < -0.3 is 14.9 Å². The van der Waals surface area contributed by atoms with Gasteiger partial charge in [0.15, 0.2) is 5.60 Å². The van der Waals surface area contributed by atoms with Crippen molar-refractivity contribution in [2.24, 2.45) is 0 Å². The first-order valence-corrected chi connectivity index (χ1v) is 4.55. The Morgan fingerprint density at radius 3 is 2.54 bits per heavy atom. The predicted octanol–water partition coefficient (Wildman–Crippen LogP) is 1.03. The second kappa shape index (κ2) is 5.94. The van der Waals surface area contributed by atoms with Gasteiger partial charge in [-0.3, -0.25) is 0 Å². The van der Waals surface area contributed by atoms with Crippen molar-refractivity contribution in [1.82, 2.24) is 0 Å². The van der Waals surface area contributed by atoms with Crippen molar-refractivity contribution in [3.8, 4) is 0 Å². The number of rotatable bonds is 7. The van der Waals surface area contributed by atoms with Crippen LogP contribution >= 0.6 is 0 Å². The molecule has 0 rings (SSSR count). The molecule has 0 saturated carbocycles. The van der Waals surface area contributed by atoms with Crippen LogP contribution in [0.1, 0.15) is 33.1 Å². The van der Waals surface area contributed by atoms with E-state index in [1.54, 1.807) is 6.92 Å². The molecule has 0 aliphatic carbocycles. The molecule has 2 N–H and O–H groups in total. The molecule has 0 fully saturated rings. The van der Waals surface area contributed by atoms with E-state index in [9.17, 15) is 4.79 Å². The number of carbonyl (C=O) groups is 1. The molecule has 4 nitrogen and oxygen atoms in total. The summed E-state index contributed by atoms with van der Waals surface area (Å²) >= 11 is 0. The quantitative estimate of drug-likeness (QED) is 0.588. The minimum absolute atomic E-state index is 0.0296. The van der Waals surface area contributed by atoms with E-state index in [2.05, 4.69) is 0 Å². The van der Waals surface area contributed by atoms with E-state index >= 15 is 0 Å². The number of hydrogen-bond acceptors (Lipinski definition) is 3. The Morgan fingerprint density at radius 1 is 1.54 bits per heavy atom. The molecule has 0 saturated heterocycles. The molecule has 0 aliphatic rings. The summed E-state index contributed by atoms with van der Waals surface area (Å²) in [5.41, 5.74) is -1.09. The summed E-state index contributed by atoms with van der Waals surface area (Å²) in [6.45, 7) is 3.80. The second-order valence-electron chi connectivity index (χ2n) is 3.21. The van der Waals surface area contributed by atoms with Crippen molar-refractivity contribution in [2.45, 2.75) is 38.7 Å². The predicted molar refractivity (Wildman–Crippen MR) is 48.6 cm³/mol. The third kappa shape index (κ3) is 4.24. The monoisotopic (exact) mass is 190 g/mol.